The molecule has 0 aliphatic carbocycles. The second-order valence-electron chi connectivity index (χ2n) is 1.61. The smallest absolute Gasteiger partial charge is 0.00633 e. The highest BCUT2D eigenvalue weighted by Gasteiger charge is 1.90. The Balaban J connectivity index is 2.55. The summed E-state index contributed by atoms with van der Waals surface area (Å²) in [6.07, 6.45) is 6.82. The number of rotatable bonds is 1. The van der Waals surface area contributed by atoms with Gasteiger partial charge in [0, 0.05) is 11.6 Å². The molecule has 0 aromatic carbocycles. The molecule has 0 saturated carbocycles. The molecule has 0 unspecified atom stereocenters. The molecular weight excluding hydrogens is 118 g/mol. The lowest BCUT2D eigenvalue weighted by Crippen LogP contribution is -2.00. The molecule has 1 nitrogen and oxygen atoms in total. The van der Waals surface area contributed by atoms with Crippen molar-refractivity contribution in [2.45, 2.75) is 6.42 Å². The number of dihydropyridines is 1. The Labute approximate surface area is 54.1 Å². The van der Waals surface area contributed by atoms with E-state index in [2.05, 4.69) is 5.32 Å². The predicted octanol–water partition coefficient (Wildman–Crippen LogP) is 1.38. The van der Waals surface area contributed by atoms with Gasteiger partial charge in [-0.3, -0.25) is 0 Å². The van der Waals surface area contributed by atoms with Crippen LogP contribution in [0.25, 0.3) is 0 Å². The lowest BCUT2D eigenvalue weighted by Gasteiger charge is -2.01. The molecule has 0 bridgehead atoms. The first-order valence-corrected chi connectivity index (χ1v) is 2.96. The third-order valence-electron chi connectivity index (χ3n) is 0.988. The summed E-state index contributed by atoms with van der Waals surface area (Å²) in [4.78, 5) is 0. The minimum Gasteiger partial charge on any atom is -0.368 e. The summed E-state index contributed by atoms with van der Waals surface area (Å²) in [7, 11) is 0. The molecule has 8 heavy (non-hydrogen) atoms. The second kappa shape index (κ2) is 2.62. The van der Waals surface area contributed by atoms with Gasteiger partial charge in [0.05, 0.1) is 0 Å². The first kappa shape index (κ1) is 5.51. The molecule has 0 aromatic heterocycles. The highest BCUT2D eigenvalue weighted by Crippen LogP contribution is 2.00. The van der Waals surface area contributed by atoms with Gasteiger partial charge in [0.25, 0.3) is 0 Å². The normalized spacial score (nSPS) is 16.8. The Bertz CT molecular complexity index is 147. The van der Waals surface area contributed by atoms with Crippen molar-refractivity contribution in [1.82, 2.24) is 5.32 Å². The fraction of sp³-hybridized carbons (Fsp3) is 0.167. The quantitative estimate of drug-likeness (QED) is 0.531. The van der Waals surface area contributed by atoms with Crippen molar-refractivity contribution in [1.29, 1.82) is 0 Å². The fourth-order valence-corrected chi connectivity index (χ4v) is 0.724. The average molecular weight is 125 g/mol. The molecule has 0 saturated heterocycles. The lowest BCUT2D eigenvalue weighted by molar-refractivity contribution is 1.09. The van der Waals surface area contributed by atoms with Crippen molar-refractivity contribution < 1.29 is 0 Å². The van der Waals surface area contributed by atoms with Crippen molar-refractivity contribution in [3.63, 3.8) is 0 Å². The fourth-order valence-electron chi connectivity index (χ4n) is 0.559. The number of nitrogens with one attached hydrogen (secondary N) is 1. The van der Waals surface area contributed by atoms with E-state index in [9.17, 15) is 0 Å². The zero-order valence-electron chi connectivity index (χ0n) is 4.42. The minimum absolute atomic E-state index is 0.969. The molecule has 1 heterocycles. The van der Waals surface area contributed by atoms with Gasteiger partial charge < -0.3 is 5.32 Å². The second-order valence-corrected chi connectivity index (χ2v) is 1.85. The van der Waals surface area contributed by atoms with E-state index < -0.39 is 0 Å². The van der Waals surface area contributed by atoms with E-state index in [0.717, 1.165) is 6.42 Å². The number of thiocarbonyl (C=S) groups is 1. The predicted molar refractivity (Wildman–Crippen MR) is 38.6 cm³/mol. The topological polar surface area (TPSA) is 12.0 Å². The number of allylic oxidation sites excluding steroid dienone is 2. The van der Waals surface area contributed by atoms with E-state index in [0.29, 0.717) is 0 Å². The SMILES string of the molecule is S=CC1=CNC=CC1. The largest absolute Gasteiger partial charge is 0.368 e. The van der Waals surface area contributed by atoms with Gasteiger partial charge in [-0.25, -0.2) is 0 Å². The van der Waals surface area contributed by atoms with Crippen molar-refractivity contribution in [2.75, 3.05) is 0 Å². The van der Waals surface area contributed by atoms with E-state index in [1.807, 2.05) is 18.5 Å². The summed E-state index contributed by atoms with van der Waals surface area (Å²) in [6.45, 7) is 0. The third kappa shape index (κ3) is 1.17. The van der Waals surface area contributed by atoms with Crippen LogP contribution in [-0.2, 0) is 0 Å². The molecule has 0 atom stereocenters. The van der Waals surface area contributed by atoms with Gasteiger partial charge in [-0.2, -0.15) is 0 Å². The van der Waals surface area contributed by atoms with Crippen LogP contribution in [0.5, 0.6) is 0 Å². The lowest BCUT2D eigenvalue weighted by atomic mass is 10.2. The minimum atomic E-state index is 0.969. The highest BCUT2D eigenvalue weighted by atomic mass is 32.1. The molecule has 0 spiro atoms. The van der Waals surface area contributed by atoms with Crippen LogP contribution in [0.2, 0.25) is 0 Å². The van der Waals surface area contributed by atoms with E-state index in [1.54, 1.807) is 5.37 Å². The van der Waals surface area contributed by atoms with Crippen LogP contribution >= 0.6 is 12.2 Å². The molecule has 1 aliphatic heterocycles. The maximum Gasteiger partial charge on any atom is 0.00633 e. The average Bonchev–Trinajstić information content (AvgIpc) is 1.90. The first-order chi connectivity index (χ1) is 3.93. The van der Waals surface area contributed by atoms with Crippen LogP contribution in [0.15, 0.2) is 24.0 Å². The molecule has 0 amide bonds. The van der Waals surface area contributed by atoms with Gasteiger partial charge in [0.15, 0.2) is 0 Å². The van der Waals surface area contributed by atoms with Gasteiger partial charge in [-0.05, 0) is 18.2 Å². The van der Waals surface area contributed by atoms with E-state index in [4.69, 9.17) is 12.2 Å². The molecule has 0 aromatic rings. The molecule has 0 fully saturated rings. The molecule has 1 aliphatic rings. The molecule has 2 heteroatoms. The summed E-state index contributed by atoms with van der Waals surface area (Å²) in [5, 5.41) is 4.64. The van der Waals surface area contributed by atoms with Crippen molar-refractivity contribution >= 4 is 17.6 Å². The van der Waals surface area contributed by atoms with Crippen LogP contribution in [-0.4, -0.2) is 5.37 Å². The molecule has 1 rings (SSSR count). The zero-order valence-corrected chi connectivity index (χ0v) is 5.24. The maximum atomic E-state index is 4.70. The van der Waals surface area contributed by atoms with Crippen molar-refractivity contribution in [2.24, 2.45) is 0 Å². The summed E-state index contributed by atoms with van der Waals surface area (Å²) >= 11 is 4.70. The number of hydrogen-bond donors (Lipinski definition) is 1. The van der Waals surface area contributed by atoms with E-state index in [1.165, 1.54) is 5.57 Å². The van der Waals surface area contributed by atoms with Crippen LogP contribution < -0.4 is 5.32 Å². The monoisotopic (exact) mass is 125 g/mol. The van der Waals surface area contributed by atoms with Gasteiger partial charge in [0.2, 0.25) is 0 Å². The van der Waals surface area contributed by atoms with Crippen LogP contribution in [0.4, 0.5) is 0 Å². The summed E-state index contributed by atoms with van der Waals surface area (Å²) < 4.78 is 0. The van der Waals surface area contributed by atoms with E-state index >= 15 is 0 Å². The van der Waals surface area contributed by atoms with Gasteiger partial charge in [-0.1, -0.05) is 18.3 Å². The summed E-state index contributed by atoms with van der Waals surface area (Å²) in [5.41, 5.74) is 1.17. The van der Waals surface area contributed by atoms with Gasteiger partial charge in [-0.15, -0.1) is 0 Å². The number of hydrogen-bond acceptors (Lipinski definition) is 2. The Hall–Kier alpha value is -0.630. The van der Waals surface area contributed by atoms with E-state index in [-0.39, 0.29) is 0 Å². The van der Waals surface area contributed by atoms with Crippen molar-refractivity contribution in [3.05, 3.63) is 24.0 Å². The molecular formula is C6H7NS. The molecule has 42 valence electrons. The van der Waals surface area contributed by atoms with Crippen molar-refractivity contribution in [3.8, 4) is 0 Å². The summed E-state index contributed by atoms with van der Waals surface area (Å²) in [5.74, 6) is 0. The Morgan fingerprint density at radius 3 is 3.00 bits per heavy atom. The third-order valence-corrected chi connectivity index (χ3v) is 1.29. The van der Waals surface area contributed by atoms with Crippen LogP contribution in [0, 0.1) is 0 Å². The molecule has 1 N–H and O–H groups in total. The molecule has 0 radical (unpaired) electrons. The van der Waals surface area contributed by atoms with Crippen LogP contribution in [0.3, 0.4) is 0 Å². The Kier molecular flexibility index (Phi) is 1.80. The first-order valence-electron chi connectivity index (χ1n) is 2.49. The Morgan fingerprint density at radius 2 is 2.62 bits per heavy atom. The standard InChI is InChI=1S/C6H7NS/c8-5-6-2-1-3-7-4-6/h1,3-5,7H,2H2. The highest BCUT2D eigenvalue weighted by molar-refractivity contribution is 7.79. The zero-order chi connectivity index (χ0) is 5.82. The Morgan fingerprint density at radius 1 is 1.75 bits per heavy atom. The van der Waals surface area contributed by atoms with Gasteiger partial charge in [0.1, 0.15) is 0 Å². The maximum absolute atomic E-state index is 4.70. The summed E-state index contributed by atoms with van der Waals surface area (Å²) in [6, 6.07) is 0. The van der Waals surface area contributed by atoms with Gasteiger partial charge >= 0.3 is 0 Å². The van der Waals surface area contributed by atoms with Crippen LogP contribution in [0.1, 0.15) is 6.42 Å².